The topological polar surface area (TPSA) is 103 Å². The van der Waals surface area contributed by atoms with E-state index in [-0.39, 0.29) is 29.3 Å². The summed E-state index contributed by atoms with van der Waals surface area (Å²) in [7, 11) is 1.54. The van der Waals surface area contributed by atoms with Crippen LogP contribution in [0.25, 0.3) is 0 Å². The average molecular weight is 542 g/mol. The van der Waals surface area contributed by atoms with Gasteiger partial charge in [0.05, 0.1) is 31.5 Å². The summed E-state index contributed by atoms with van der Waals surface area (Å²) in [5.74, 6) is 1.78. The average Bonchev–Trinajstić information content (AvgIpc) is 2.94. The second-order valence-corrected chi connectivity index (χ2v) is 9.72. The van der Waals surface area contributed by atoms with Crippen LogP contribution in [0.3, 0.4) is 0 Å². The van der Waals surface area contributed by atoms with Crippen LogP contribution in [0.5, 0.6) is 23.0 Å². The van der Waals surface area contributed by atoms with Gasteiger partial charge in [0.25, 0.3) is 5.91 Å². The van der Waals surface area contributed by atoms with Gasteiger partial charge in [-0.2, -0.15) is 0 Å². The van der Waals surface area contributed by atoms with Crippen molar-refractivity contribution < 1.29 is 33.6 Å². The summed E-state index contributed by atoms with van der Waals surface area (Å²) in [6, 6.07) is 7.44. The van der Waals surface area contributed by atoms with Crippen LogP contribution in [0, 0.1) is 0 Å². The van der Waals surface area contributed by atoms with E-state index in [1.807, 2.05) is 19.9 Å². The monoisotopic (exact) mass is 541 g/mol. The molecule has 39 heavy (non-hydrogen) atoms. The number of rotatable bonds is 15. The fraction of sp³-hybridized carbons (Fsp3) is 0.548. The van der Waals surface area contributed by atoms with Crippen LogP contribution in [-0.2, 0) is 28.8 Å². The third-order valence-electron chi connectivity index (χ3n) is 6.81. The largest absolute Gasteiger partial charge is 0.507 e. The fourth-order valence-electron chi connectivity index (χ4n) is 4.87. The van der Waals surface area contributed by atoms with Gasteiger partial charge in [0.2, 0.25) is 0 Å². The number of carbonyl (C=O) groups excluding carboxylic acids is 2. The maximum atomic E-state index is 12.0. The Kier molecular flexibility index (Phi) is 11.8. The molecule has 0 fully saturated rings. The number of aryl methyl sites for hydroxylation is 1. The summed E-state index contributed by atoms with van der Waals surface area (Å²) in [6.07, 6.45) is 6.67. The van der Waals surface area contributed by atoms with Crippen molar-refractivity contribution in [1.82, 2.24) is 5.32 Å². The molecule has 8 nitrogen and oxygen atoms in total. The Bertz CT molecular complexity index is 1110. The molecule has 2 aromatic rings. The normalized spacial score (nSPS) is 14.2. The lowest BCUT2D eigenvalue weighted by molar-refractivity contribution is -0.143. The number of fused-ring (bicyclic) bond motifs is 1. The first-order chi connectivity index (χ1) is 18.9. The quantitative estimate of drug-likeness (QED) is 0.225. The van der Waals surface area contributed by atoms with Crippen molar-refractivity contribution in [3.8, 4) is 23.0 Å². The third-order valence-corrected chi connectivity index (χ3v) is 6.81. The highest BCUT2D eigenvalue weighted by Gasteiger charge is 2.25. The molecule has 1 amide bonds. The number of hydrogen-bond donors (Lipinski definition) is 2. The van der Waals surface area contributed by atoms with Crippen molar-refractivity contribution in [3.05, 3.63) is 46.5 Å². The number of nitrogens with one attached hydrogen (secondary N) is 1. The number of phenols is 1. The zero-order chi connectivity index (χ0) is 28.2. The zero-order valence-electron chi connectivity index (χ0n) is 23.8. The molecule has 2 aromatic carbocycles. The number of amides is 1. The molecule has 1 aliphatic rings. The van der Waals surface area contributed by atoms with Gasteiger partial charge in [-0.1, -0.05) is 32.8 Å². The lowest BCUT2D eigenvalue weighted by Gasteiger charge is -2.29. The van der Waals surface area contributed by atoms with E-state index >= 15 is 0 Å². The first-order valence-corrected chi connectivity index (χ1v) is 14.2. The molecule has 1 atom stereocenters. The van der Waals surface area contributed by atoms with Crippen LogP contribution in [0.15, 0.2) is 24.3 Å². The molecular weight excluding hydrogens is 498 g/mol. The maximum Gasteiger partial charge on any atom is 0.305 e. The Balaban J connectivity index is 1.60. The number of carbonyl (C=O) groups is 2. The molecule has 1 unspecified atom stereocenters. The fourth-order valence-corrected chi connectivity index (χ4v) is 4.87. The summed E-state index contributed by atoms with van der Waals surface area (Å²) < 4.78 is 23.6. The van der Waals surface area contributed by atoms with Crippen LogP contribution in [-0.4, -0.2) is 50.0 Å². The molecule has 1 aliphatic heterocycles. The Morgan fingerprint density at radius 1 is 1.00 bits per heavy atom. The van der Waals surface area contributed by atoms with E-state index in [1.54, 1.807) is 12.1 Å². The molecule has 0 spiro atoms. The van der Waals surface area contributed by atoms with Gasteiger partial charge in [0.1, 0.15) is 23.0 Å². The van der Waals surface area contributed by atoms with Gasteiger partial charge in [-0.3, -0.25) is 9.59 Å². The lowest BCUT2D eigenvalue weighted by Crippen LogP contribution is -2.25. The highest BCUT2D eigenvalue weighted by atomic mass is 16.5. The summed E-state index contributed by atoms with van der Waals surface area (Å²) >= 11 is 0. The van der Waals surface area contributed by atoms with Crippen molar-refractivity contribution in [1.29, 1.82) is 0 Å². The molecule has 0 saturated carbocycles. The molecule has 0 aromatic heterocycles. The number of ether oxygens (including phenoxy) is 4. The Labute approximate surface area is 232 Å². The molecule has 0 saturated heterocycles. The van der Waals surface area contributed by atoms with Crippen LogP contribution in [0.2, 0.25) is 0 Å². The van der Waals surface area contributed by atoms with Crippen LogP contribution in [0.1, 0.15) is 86.3 Å². The Hall–Kier alpha value is -3.42. The van der Waals surface area contributed by atoms with Crippen molar-refractivity contribution in [2.45, 2.75) is 84.7 Å². The standard InChI is InChI=1S/C31H43NO7/c1-5-9-23-26(17-15-25(29(23)34)31(35)32-4)37-19-8-20-38-27-16-12-21-11-13-22(14-18-28(33)36-7-3)39-30(21)24(27)10-6-2/h12,15-17,22,34H,5-11,13-14,18-20H2,1-4H3,(H,32,35). The summed E-state index contributed by atoms with van der Waals surface area (Å²) in [5.41, 5.74) is 3.16. The first kappa shape index (κ1) is 30.1. The minimum Gasteiger partial charge on any atom is -0.507 e. The van der Waals surface area contributed by atoms with Gasteiger partial charge in [0.15, 0.2) is 0 Å². The number of phenolic OH excluding ortho intramolecular Hbond substituents is 1. The van der Waals surface area contributed by atoms with Crippen LogP contribution >= 0.6 is 0 Å². The van der Waals surface area contributed by atoms with Crippen molar-refractivity contribution >= 4 is 11.9 Å². The maximum absolute atomic E-state index is 12.0. The van der Waals surface area contributed by atoms with E-state index in [0.717, 1.165) is 49.2 Å². The Morgan fingerprint density at radius 2 is 1.67 bits per heavy atom. The molecule has 2 N–H and O–H groups in total. The van der Waals surface area contributed by atoms with Gasteiger partial charge >= 0.3 is 5.97 Å². The molecular formula is C31H43NO7. The summed E-state index contributed by atoms with van der Waals surface area (Å²) in [5, 5.41) is 13.2. The molecule has 8 heteroatoms. The van der Waals surface area contributed by atoms with E-state index in [2.05, 4.69) is 18.3 Å². The molecule has 1 heterocycles. The zero-order valence-corrected chi connectivity index (χ0v) is 23.8. The van der Waals surface area contributed by atoms with Crippen LogP contribution in [0.4, 0.5) is 0 Å². The van der Waals surface area contributed by atoms with Gasteiger partial charge < -0.3 is 29.4 Å². The van der Waals surface area contributed by atoms with Crippen molar-refractivity contribution in [2.24, 2.45) is 0 Å². The lowest BCUT2D eigenvalue weighted by atomic mass is 9.95. The second kappa shape index (κ2) is 15.2. The highest BCUT2D eigenvalue weighted by molar-refractivity contribution is 5.97. The number of benzene rings is 2. The minimum atomic E-state index is -0.327. The smallest absolute Gasteiger partial charge is 0.305 e. The predicted octanol–water partition coefficient (Wildman–Crippen LogP) is 5.54. The first-order valence-electron chi connectivity index (χ1n) is 14.2. The summed E-state index contributed by atoms with van der Waals surface area (Å²) in [6.45, 7) is 7.24. The Morgan fingerprint density at radius 3 is 2.33 bits per heavy atom. The van der Waals surface area contributed by atoms with Gasteiger partial charge in [-0.25, -0.2) is 0 Å². The van der Waals surface area contributed by atoms with E-state index in [0.29, 0.717) is 56.8 Å². The van der Waals surface area contributed by atoms with E-state index < -0.39 is 0 Å². The SMILES string of the molecule is CCCc1c(OCCCOc2ccc3c(c2CCC)OC(CCC(=O)OCC)CC3)ccc(C(=O)NC)c1O. The minimum absolute atomic E-state index is 0.00955. The van der Waals surface area contributed by atoms with E-state index in [1.165, 1.54) is 12.6 Å². The van der Waals surface area contributed by atoms with Gasteiger partial charge in [-0.05, 0) is 62.8 Å². The number of aromatic hydroxyl groups is 1. The molecule has 214 valence electrons. The molecule has 0 radical (unpaired) electrons. The number of esters is 1. The van der Waals surface area contributed by atoms with E-state index in [4.69, 9.17) is 18.9 Å². The molecule has 3 rings (SSSR count). The predicted molar refractivity (Wildman–Crippen MR) is 150 cm³/mol. The highest BCUT2D eigenvalue weighted by Crippen LogP contribution is 2.39. The molecule has 0 aliphatic carbocycles. The third kappa shape index (κ3) is 8.04. The number of hydrogen-bond acceptors (Lipinski definition) is 7. The molecule has 0 bridgehead atoms. The summed E-state index contributed by atoms with van der Waals surface area (Å²) in [4.78, 5) is 23.8. The van der Waals surface area contributed by atoms with E-state index in [9.17, 15) is 14.7 Å². The van der Waals surface area contributed by atoms with Crippen molar-refractivity contribution in [3.63, 3.8) is 0 Å². The van der Waals surface area contributed by atoms with Gasteiger partial charge in [0, 0.05) is 31.0 Å². The van der Waals surface area contributed by atoms with Gasteiger partial charge in [-0.15, -0.1) is 0 Å². The van der Waals surface area contributed by atoms with Crippen molar-refractivity contribution in [2.75, 3.05) is 26.9 Å². The van der Waals surface area contributed by atoms with Crippen LogP contribution < -0.4 is 19.5 Å². The second-order valence-electron chi connectivity index (χ2n) is 9.72.